The lowest BCUT2D eigenvalue weighted by Gasteiger charge is -2.22. The van der Waals surface area contributed by atoms with Gasteiger partial charge in [-0.05, 0) is 25.0 Å². The average molecular weight is 358 g/mol. The molecule has 1 saturated carbocycles. The van der Waals surface area contributed by atoms with Gasteiger partial charge >= 0.3 is 0 Å². The molecule has 0 bridgehead atoms. The highest BCUT2D eigenvalue weighted by Crippen LogP contribution is 2.36. The van der Waals surface area contributed by atoms with E-state index in [9.17, 15) is 9.59 Å². The van der Waals surface area contributed by atoms with Crippen LogP contribution >= 0.6 is 0 Å². The van der Waals surface area contributed by atoms with Crippen LogP contribution in [-0.4, -0.2) is 37.6 Å². The zero-order chi connectivity index (χ0) is 17.9. The first-order valence-corrected chi connectivity index (χ1v) is 9.71. The van der Waals surface area contributed by atoms with Crippen molar-refractivity contribution in [1.29, 1.82) is 0 Å². The van der Waals surface area contributed by atoms with E-state index in [1.165, 1.54) is 25.7 Å². The van der Waals surface area contributed by atoms with Gasteiger partial charge in [0.1, 0.15) is 13.2 Å². The minimum Gasteiger partial charge on any atom is -0.486 e. The second-order valence-corrected chi connectivity index (χ2v) is 7.43. The maximum absolute atomic E-state index is 12.6. The quantitative estimate of drug-likeness (QED) is 0.844. The normalized spacial score (nSPS) is 23.6. The minimum absolute atomic E-state index is 0.0114. The summed E-state index contributed by atoms with van der Waals surface area (Å²) >= 11 is 0. The van der Waals surface area contributed by atoms with E-state index in [4.69, 9.17) is 9.47 Å². The number of nitrogens with zero attached hydrogens (tertiary/aromatic N) is 1. The van der Waals surface area contributed by atoms with E-state index in [1.54, 1.807) is 4.90 Å². The van der Waals surface area contributed by atoms with Crippen LogP contribution in [0.5, 0.6) is 11.5 Å². The summed E-state index contributed by atoms with van der Waals surface area (Å²) in [7, 11) is 0. The molecule has 6 nitrogen and oxygen atoms in total. The van der Waals surface area contributed by atoms with Gasteiger partial charge in [-0.1, -0.05) is 25.7 Å². The predicted octanol–water partition coefficient (Wildman–Crippen LogP) is 2.65. The van der Waals surface area contributed by atoms with Crippen molar-refractivity contribution in [1.82, 2.24) is 5.32 Å². The zero-order valence-corrected chi connectivity index (χ0v) is 15.0. The topological polar surface area (TPSA) is 67.9 Å². The number of hydrogen-bond acceptors (Lipinski definition) is 4. The maximum atomic E-state index is 12.6. The van der Waals surface area contributed by atoms with Gasteiger partial charge in [-0.2, -0.15) is 0 Å². The van der Waals surface area contributed by atoms with Gasteiger partial charge in [-0.25, -0.2) is 0 Å². The monoisotopic (exact) mass is 358 g/mol. The van der Waals surface area contributed by atoms with E-state index in [2.05, 4.69) is 5.32 Å². The van der Waals surface area contributed by atoms with Crippen LogP contribution in [0.15, 0.2) is 18.2 Å². The van der Waals surface area contributed by atoms with Crippen molar-refractivity contribution in [3.8, 4) is 11.5 Å². The van der Waals surface area contributed by atoms with E-state index in [1.807, 2.05) is 18.2 Å². The van der Waals surface area contributed by atoms with Crippen LogP contribution in [-0.2, 0) is 9.59 Å². The Hall–Kier alpha value is -2.24. The lowest BCUT2D eigenvalue weighted by Crippen LogP contribution is -2.39. The molecule has 2 aliphatic heterocycles. The molecule has 0 spiro atoms. The zero-order valence-electron chi connectivity index (χ0n) is 15.0. The van der Waals surface area contributed by atoms with Gasteiger partial charge in [0.2, 0.25) is 11.8 Å². The fourth-order valence-electron chi connectivity index (χ4n) is 4.08. The molecular weight excluding hydrogens is 332 g/mol. The molecule has 0 radical (unpaired) electrons. The van der Waals surface area contributed by atoms with Crippen LogP contribution in [0, 0.1) is 5.92 Å². The smallest absolute Gasteiger partial charge is 0.227 e. The molecule has 3 aliphatic rings. The predicted molar refractivity (Wildman–Crippen MR) is 97.5 cm³/mol. The van der Waals surface area contributed by atoms with Gasteiger partial charge in [0.25, 0.3) is 0 Å². The second-order valence-electron chi connectivity index (χ2n) is 7.43. The van der Waals surface area contributed by atoms with E-state index < -0.39 is 0 Å². The van der Waals surface area contributed by atoms with Gasteiger partial charge in [-0.15, -0.1) is 0 Å². The Bertz CT molecular complexity index is 682. The highest BCUT2D eigenvalue weighted by Gasteiger charge is 2.36. The lowest BCUT2D eigenvalue weighted by molar-refractivity contribution is -0.127. The largest absolute Gasteiger partial charge is 0.486 e. The number of carbonyl (C=O) groups is 2. The summed E-state index contributed by atoms with van der Waals surface area (Å²) in [4.78, 5) is 26.8. The van der Waals surface area contributed by atoms with Gasteiger partial charge < -0.3 is 19.7 Å². The number of hydrogen-bond donors (Lipinski definition) is 1. The fourth-order valence-corrected chi connectivity index (χ4v) is 4.08. The third-order valence-electron chi connectivity index (χ3n) is 5.53. The Morgan fingerprint density at radius 1 is 1.04 bits per heavy atom. The molecule has 1 aromatic rings. The van der Waals surface area contributed by atoms with Gasteiger partial charge in [0.05, 0.1) is 5.92 Å². The third kappa shape index (κ3) is 3.64. The van der Waals surface area contributed by atoms with E-state index >= 15 is 0 Å². The third-order valence-corrected chi connectivity index (χ3v) is 5.53. The lowest BCUT2D eigenvalue weighted by atomic mass is 10.0. The summed E-state index contributed by atoms with van der Waals surface area (Å²) in [5.41, 5.74) is 0.768. The first-order valence-electron chi connectivity index (χ1n) is 9.71. The molecule has 2 amide bonds. The highest BCUT2D eigenvalue weighted by atomic mass is 16.6. The van der Waals surface area contributed by atoms with Gasteiger partial charge in [0, 0.05) is 30.8 Å². The van der Waals surface area contributed by atoms with E-state index in [0.29, 0.717) is 31.3 Å². The number of ether oxygens (including phenoxy) is 2. The second kappa shape index (κ2) is 7.56. The molecule has 26 heavy (non-hydrogen) atoms. The maximum Gasteiger partial charge on any atom is 0.227 e. The number of rotatable bonds is 3. The molecule has 1 aromatic carbocycles. The molecule has 1 aliphatic carbocycles. The van der Waals surface area contributed by atoms with Crippen molar-refractivity contribution < 1.29 is 19.1 Å². The van der Waals surface area contributed by atoms with Crippen LogP contribution in [0.3, 0.4) is 0 Å². The Kier molecular flexibility index (Phi) is 5.00. The van der Waals surface area contributed by atoms with E-state index in [0.717, 1.165) is 18.5 Å². The SMILES string of the molecule is O=C(NC1CCCCCC1)C1CC(=O)N(c2ccc3c(c2)OCCO3)C1. The first kappa shape index (κ1) is 17.2. The molecule has 1 unspecified atom stereocenters. The summed E-state index contributed by atoms with van der Waals surface area (Å²) in [6, 6.07) is 5.79. The molecule has 1 N–H and O–H groups in total. The summed E-state index contributed by atoms with van der Waals surface area (Å²) in [6.45, 7) is 1.48. The molecule has 0 aromatic heterocycles. The molecule has 1 saturated heterocycles. The van der Waals surface area contributed by atoms with Gasteiger partial charge in [-0.3, -0.25) is 9.59 Å². The van der Waals surface area contributed by atoms with Crippen molar-refractivity contribution >= 4 is 17.5 Å². The first-order chi connectivity index (χ1) is 12.7. The van der Waals surface area contributed by atoms with Crippen molar-refractivity contribution in [2.45, 2.75) is 51.0 Å². The molecule has 2 heterocycles. The molecule has 140 valence electrons. The standard InChI is InChI=1S/C20H26N2O4/c23-19-11-14(20(24)21-15-5-3-1-2-4-6-15)13-22(19)16-7-8-17-18(12-16)26-10-9-25-17/h7-8,12,14-15H,1-6,9-11,13H2,(H,21,24). The number of anilines is 1. The van der Waals surface area contributed by atoms with Crippen LogP contribution < -0.4 is 19.7 Å². The number of amides is 2. The van der Waals surface area contributed by atoms with Crippen molar-refractivity contribution in [2.24, 2.45) is 5.92 Å². The summed E-state index contributed by atoms with van der Waals surface area (Å²) in [5.74, 6) is 1.09. The molecule has 6 heteroatoms. The summed E-state index contributed by atoms with van der Waals surface area (Å²) in [5, 5.41) is 3.18. The summed E-state index contributed by atoms with van der Waals surface area (Å²) in [6.07, 6.45) is 7.25. The Morgan fingerprint density at radius 3 is 2.54 bits per heavy atom. The number of fused-ring (bicyclic) bond motifs is 1. The van der Waals surface area contributed by atoms with Crippen LogP contribution in [0.1, 0.15) is 44.9 Å². The minimum atomic E-state index is -0.279. The Morgan fingerprint density at radius 2 is 1.77 bits per heavy atom. The molecule has 4 rings (SSSR count). The number of carbonyl (C=O) groups excluding carboxylic acids is 2. The van der Waals surface area contributed by atoms with E-state index in [-0.39, 0.29) is 30.2 Å². The van der Waals surface area contributed by atoms with Gasteiger partial charge in [0.15, 0.2) is 11.5 Å². The summed E-state index contributed by atoms with van der Waals surface area (Å²) < 4.78 is 11.1. The molecular formula is C20H26N2O4. The highest BCUT2D eigenvalue weighted by molar-refractivity contribution is 6.00. The molecule has 1 atom stereocenters. The van der Waals surface area contributed by atoms with Crippen LogP contribution in [0.25, 0.3) is 0 Å². The number of benzene rings is 1. The van der Waals surface area contributed by atoms with Crippen LogP contribution in [0.2, 0.25) is 0 Å². The Balaban J connectivity index is 1.41. The van der Waals surface area contributed by atoms with Crippen molar-refractivity contribution in [2.75, 3.05) is 24.7 Å². The Labute approximate surface area is 153 Å². The fraction of sp³-hybridized carbons (Fsp3) is 0.600. The number of nitrogens with one attached hydrogen (secondary N) is 1. The van der Waals surface area contributed by atoms with Crippen LogP contribution in [0.4, 0.5) is 5.69 Å². The van der Waals surface area contributed by atoms with Crippen molar-refractivity contribution in [3.63, 3.8) is 0 Å². The average Bonchev–Trinajstić information content (AvgIpc) is 2.87. The molecule has 2 fully saturated rings. The van der Waals surface area contributed by atoms with Crippen molar-refractivity contribution in [3.05, 3.63) is 18.2 Å².